The summed E-state index contributed by atoms with van der Waals surface area (Å²) in [5.74, 6) is -1.18. The fourth-order valence-electron chi connectivity index (χ4n) is 2.53. The van der Waals surface area contributed by atoms with Crippen molar-refractivity contribution in [2.45, 2.75) is 52.5 Å². The van der Waals surface area contributed by atoms with Crippen LogP contribution in [0.25, 0.3) is 0 Å². The minimum atomic E-state index is -1.20. The number of carbonyl (C=O) groups excluding carboxylic acids is 3. The number of nitrogens with one attached hydrogen (secondary N) is 1. The SMILES string of the molecule is CN(C(=O)CC1CCOCC1)C(C)(C)C(=O)NC(=O)C=C(N)C(C)(C)CO. The van der Waals surface area contributed by atoms with E-state index in [1.807, 2.05) is 0 Å². The number of amides is 3. The predicted octanol–water partition coefficient (Wildman–Crippen LogP) is 0.544. The van der Waals surface area contributed by atoms with E-state index in [1.54, 1.807) is 34.7 Å². The summed E-state index contributed by atoms with van der Waals surface area (Å²) in [5.41, 5.74) is 4.01. The fourth-order valence-corrected chi connectivity index (χ4v) is 2.53. The summed E-state index contributed by atoms with van der Waals surface area (Å²) in [4.78, 5) is 38.6. The maximum absolute atomic E-state index is 12.6. The molecule has 0 bridgehead atoms. The van der Waals surface area contributed by atoms with Crippen molar-refractivity contribution in [3.05, 3.63) is 11.8 Å². The number of hydrogen-bond donors (Lipinski definition) is 3. The van der Waals surface area contributed by atoms with E-state index in [9.17, 15) is 19.5 Å². The van der Waals surface area contributed by atoms with Crippen LogP contribution in [0.3, 0.4) is 0 Å². The molecule has 8 heteroatoms. The molecule has 0 aromatic carbocycles. The van der Waals surface area contributed by atoms with E-state index in [4.69, 9.17) is 10.5 Å². The van der Waals surface area contributed by atoms with Crippen molar-refractivity contribution in [2.24, 2.45) is 17.1 Å². The molecule has 27 heavy (non-hydrogen) atoms. The first-order valence-corrected chi connectivity index (χ1v) is 9.20. The molecule has 1 rings (SSSR count). The Morgan fingerprint density at radius 1 is 1.22 bits per heavy atom. The van der Waals surface area contributed by atoms with Gasteiger partial charge in [0, 0.05) is 43.9 Å². The van der Waals surface area contributed by atoms with Crippen LogP contribution in [-0.2, 0) is 19.1 Å². The summed E-state index contributed by atoms with van der Waals surface area (Å²) in [6.45, 7) is 7.60. The molecule has 0 aliphatic carbocycles. The van der Waals surface area contributed by atoms with Gasteiger partial charge in [0.2, 0.25) is 5.91 Å². The monoisotopic (exact) mass is 383 g/mol. The fraction of sp³-hybridized carbons (Fsp3) is 0.737. The van der Waals surface area contributed by atoms with E-state index < -0.39 is 22.8 Å². The molecular weight excluding hydrogens is 350 g/mol. The summed E-state index contributed by atoms with van der Waals surface area (Å²) < 4.78 is 5.30. The molecule has 1 heterocycles. The Hall–Kier alpha value is -1.93. The maximum Gasteiger partial charge on any atom is 0.252 e. The third-order valence-corrected chi connectivity index (χ3v) is 5.27. The van der Waals surface area contributed by atoms with Crippen LogP contribution in [0.4, 0.5) is 0 Å². The van der Waals surface area contributed by atoms with Crippen LogP contribution >= 0.6 is 0 Å². The molecule has 1 saturated heterocycles. The standard InChI is InChI=1S/C19H33N3O5/c1-18(2,12-23)14(20)11-15(24)21-17(26)19(3,4)22(5)16(25)10-13-6-8-27-9-7-13/h11,13,23H,6-10,12,20H2,1-5H3,(H,21,24,26). The smallest absolute Gasteiger partial charge is 0.252 e. The van der Waals surface area contributed by atoms with Gasteiger partial charge in [-0.1, -0.05) is 13.8 Å². The molecule has 1 aliphatic heterocycles. The van der Waals surface area contributed by atoms with Gasteiger partial charge in [0.05, 0.1) is 6.61 Å². The van der Waals surface area contributed by atoms with Gasteiger partial charge in [-0.25, -0.2) is 0 Å². The predicted molar refractivity (Wildman–Crippen MR) is 101 cm³/mol. The number of ether oxygens (including phenoxy) is 1. The van der Waals surface area contributed by atoms with Crippen LogP contribution in [0.5, 0.6) is 0 Å². The van der Waals surface area contributed by atoms with Gasteiger partial charge in [-0.05, 0) is 32.6 Å². The number of aliphatic hydroxyl groups is 1. The number of hydrogen-bond acceptors (Lipinski definition) is 6. The van der Waals surface area contributed by atoms with Crippen molar-refractivity contribution in [3.8, 4) is 0 Å². The first-order chi connectivity index (χ1) is 12.4. The number of aliphatic hydroxyl groups excluding tert-OH is 1. The Morgan fingerprint density at radius 2 is 1.78 bits per heavy atom. The molecule has 0 radical (unpaired) electrons. The highest BCUT2D eigenvalue weighted by Crippen LogP contribution is 2.23. The average Bonchev–Trinajstić information content (AvgIpc) is 2.61. The number of nitrogens with zero attached hydrogens (tertiary/aromatic N) is 1. The molecule has 0 aromatic heterocycles. The average molecular weight is 383 g/mol. The van der Waals surface area contributed by atoms with Gasteiger partial charge in [0.1, 0.15) is 5.54 Å². The summed E-state index contributed by atoms with van der Waals surface area (Å²) >= 11 is 0. The normalized spacial score (nSPS) is 16.7. The molecule has 0 unspecified atom stereocenters. The van der Waals surface area contributed by atoms with Crippen molar-refractivity contribution >= 4 is 17.7 Å². The van der Waals surface area contributed by atoms with Crippen molar-refractivity contribution in [1.29, 1.82) is 0 Å². The molecule has 154 valence electrons. The molecule has 4 N–H and O–H groups in total. The Balaban J connectivity index is 2.71. The number of nitrogens with two attached hydrogens (primary N) is 1. The molecule has 0 spiro atoms. The summed E-state index contributed by atoms with van der Waals surface area (Å²) in [7, 11) is 1.56. The minimum Gasteiger partial charge on any atom is -0.401 e. The summed E-state index contributed by atoms with van der Waals surface area (Å²) in [5, 5.41) is 11.5. The topological polar surface area (TPSA) is 122 Å². The van der Waals surface area contributed by atoms with Gasteiger partial charge < -0.3 is 20.5 Å². The second kappa shape index (κ2) is 9.32. The zero-order valence-electron chi connectivity index (χ0n) is 17.0. The molecule has 1 fully saturated rings. The lowest BCUT2D eigenvalue weighted by molar-refractivity contribution is -0.146. The molecule has 8 nitrogen and oxygen atoms in total. The lowest BCUT2D eigenvalue weighted by Gasteiger charge is -2.35. The molecular formula is C19H33N3O5. The van der Waals surface area contributed by atoms with Crippen molar-refractivity contribution in [2.75, 3.05) is 26.9 Å². The van der Waals surface area contributed by atoms with Crippen LogP contribution in [0, 0.1) is 11.3 Å². The second-order valence-corrected chi connectivity index (χ2v) is 8.23. The van der Waals surface area contributed by atoms with E-state index >= 15 is 0 Å². The van der Waals surface area contributed by atoms with Crippen LogP contribution < -0.4 is 11.1 Å². The lowest BCUT2D eigenvalue weighted by atomic mass is 9.90. The zero-order valence-corrected chi connectivity index (χ0v) is 17.0. The highest BCUT2D eigenvalue weighted by atomic mass is 16.5. The van der Waals surface area contributed by atoms with E-state index in [2.05, 4.69) is 5.32 Å². The number of carbonyl (C=O) groups is 3. The van der Waals surface area contributed by atoms with Crippen molar-refractivity contribution < 1.29 is 24.2 Å². The number of likely N-dealkylation sites (N-methyl/N-ethyl adjacent to an activating group) is 1. The van der Waals surface area contributed by atoms with E-state index in [0.29, 0.717) is 19.6 Å². The van der Waals surface area contributed by atoms with Gasteiger partial charge in [-0.2, -0.15) is 0 Å². The molecule has 0 aromatic rings. The van der Waals surface area contributed by atoms with Crippen molar-refractivity contribution in [3.63, 3.8) is 0 Å². The van der Waals surface area contributed by atoms with Crippen molar-refractivity contribution in [1.82, 2.24) is 10.2 Å². The minimum absolute atomic E-state index is 0.147. The second-order valence-electron chi connectivity index (χ2n) is 8.23. The first-order valence-electron chi connectivity index (χ1n) is 9.20. The van der Waals surface area contributed by atoms with E-state index in [-0.39, 0.29) is 24.1 Å². The zero-order chi connectivity index (χ0) is 20.8. The number of rotatable bonds is 7. The van der Waals surface area contributed by atoms with Gasteiger partial charge in [-0.15, -0.1) is 0 Å². The van der Waals surface area contributed by atoms with E-state index in [0.717, 1.165) is 18.9 Å². The quantitative estimate of drug-likeness (QED) is 0.552. The summed E-state index contributed by atoms with van der Waals surface area (Å²) in [6, 6.07) is 0. The Labute approximate surface area is 161 Å². The van der Waals surface area contributed by atoms with Gasteiger partial charge >= 0.3 is 0 Å². The third kappa shape index (κ3) is 6.32. The highest BCUT2D eigenvalue weighted by Gasteiger charge is 2.36. The number of imide groups is 1. The Kier molecular flexibility index (Phi) is 7.98. The molecule has 3 amide bonds. The van der Waals surface area contributed by atoms with E-state index in [1.165, 1.54) is 4.90 Å². The maximum atomic E-state index is 12.6. The highest BCUT2D eigenvalue weighted by molar-refractivity contribution is 6.05. The molecule has 1 aliphatic rings. The first kappa shape index (κ1) is 23.1. The summed E-state index contributed by atoms with van der Waals surface area (Å²) in [6.07, 6.45) is 3.10. The lowest BCUT2D eigenvalue weighted by Crippen LogP contribution is -2.56. The van der Waals surface area contributed by atoms with Gasteiger partial charge in [0.25, 0.3) is 11.8 Å². The Bertz CT molecular complexity index is 592. The largest absolute Gasteiger partial charge is 0.401 e. The molecule has 0 saturated carbocycles. The Morgan fingerprint density at radius 3 is 2.30 bits per heavy atom. The molecule has 0 atom stereocenters. The van der Waals surface area contributed by atoms with Crippen LogP contribution in [0.2, 0.25) is 0 Å². The van der Waals surface area contributed by atoms with Gasteiger partial charge in [-0.3, -0.25) is 19.7 Å². The third-order valence-electron chi connectivity index (χ3n) is 5.27. The van der Waals surface area contributed by atoms with Crippen LogP contribution in [0.1, 0.15) is 47.0 Å². The van der Waals surface area contributed by atoms with Crippen LogP contribution in [0.15, 0.2) is 11.8 Å². The van der Waals surface area contributed by atoms with Gasteiger partial charge in [0.15, 0.2) is 0 Å². The van der Waals surface area contributed by atoms with Crippen LogP contribution in [-0.4, -0.2) is 60.1 Å².